The Bertz CT molecular complexity index is 151. The van der Waals surface area contributed by atoms with Crippen molar-refractivity contribution in [3.8, 4) is 6.07 Å². The van der Waals surface area contributed by atoms with Crippen LogP contribution in [-0.2, 0) is 0 Å². The van der Waals surface area contributed by atoms with Crippen molar-refractivity contribution >= 4 is 0 Å². The lowest BCUT2D eigenvalue weighted by atomic mass is 10.1. The van der Waals surface area contributed by atoms with Crippen LogP contribution >= 0.6 is 0 Å². The Hall–Kier alpha value is -0.590. The minimum atomic E-state index is 0.499. The molecule has 2 atom stereocenters. The molecular formula is C8H15N3. The van der Waals surface area contributed by atoms with Crippen LogP contribution in [0.15, 0.2) is 0 Å². The maximum absolute atomic E-state index is 8.54. The number of hydrogen-bond donors (Lipinski definition) is 1. The van der Waals surface area contributed by atoms with Crippen molar-refractivity contribution in [1.29, 1.82) is 5.26 Å². The minimum Gasteiger partial charge on any atom is -0.314 e. The van der Waals surface area contributed by atoms with Crippen molar-refractivity contribution in [2.75, 3.05) is 19.6 Å². The standard InChI is InChI=1S/C8H15N3/c1-7-5-10-6-8(2)11(7)4-3-9/h7-8,10H,4-6H2,1-2H3/t7-,8-/m0/s1. The van der Waals surface area contributed by atoms with Gasteiger partial charge in [-0.15, -0.1) is 0 Å². The van der Waals surface area contributed by atoms with E-state index in [9.17, 15) is 0 Å². The molecule has 1 rings (SSSR count). The first-order chi connectivity index (χ1) is 5.25. The van der Waals surface area contributed by atoms with Crippen LogP contribution in [0.4, 0.5) is 0 Å². The molecule has 3 heteroatoms. The van der Waals surface area contributed by atoms with E-state index < -0.39 is 0 Å². The van der Waals surface area contributed by atoms with Gasteiger partial charge in [0.15, 0.2) is 0 Å². The van der Waals surface area contributed by atoms with Crippen LogP contribution in [0, 0.1) is 11.3 Å². The summed E-state index contributed by atoms with van der Waals surface area (Å²) >= 11 is 0. The third kappa shape index (κ3) is 1.92. The first kappa shape index (κ1) is 8.51. The van der Waals surface area contributed by atoms with E-state index in [1.54, 1.807) is 0 Å². The first-order valence-electron chi connectivity index (χ1n) is 4.09. The number of nitriles is 1. The van der Waals surface area contributed by atoms with E-state index in [0.717, 1.165) is 13.1 Å². The minimum absolute atomic E-state index is 0.499. The molecule has 0 radical (unpaired) electrons. The van der Waals surface area contributed by atoms with E-state index in [0.29, 0.717) is 18.6 Å². The predicted octanol–water partition coefficient (Wildman–Crippen LogP) is 0.192. The van der Waals surface area contributed by atoms with Gasteiger partial charge in [-0.2, -0.15) is 5.26 Å². The summed E-state index contributed by atoms with van der Waals surface area (Å²) in [6.45, 7) is 6.88. The molecule has 0 amide bonds. The summed E-state index contributed by atoms with van der Waals surface area (Å²) in [6, 6.07) is 3.19. The van der Waals surface area contributed by atoms with E-state index in [4.69, 9.17) is 5.26 Å². The third-order valence-electron chi connectivity index (χ3n) is 2.27. The highest BCUT2D eigenvalue weighted by molar-refractivity contribution is 4.88. The summed E-state index contributed by atoms with van der Waals surface area (Å²) in [5, 5.41) is 11.9. The van der Waals surface area contributed by atoms with Crippen molar-refractivity contribution in [2.45, 2.75) is 25.9 Å². The molecule has 1 N–H and O–H groups in total. The zero-order valence-electron chi connectivity index (χ0n) is 7.17. The molecule has 0 aromatic rings. The molecule has 3 nitrogen and oxygen atoms in total. The molecule has 0 aromatic carbocycles. The largest absolute Gasteiger partial charge is 0.314 e. The van der Waals surface area contributed by atoms with Crippen molar-refractivity contribution in [3.63, 3.8) is 0 Å². The number of hydrogen-bond acceptors (Lipinski definition) is 3. The molecule has 0 bridgehead atoms. The second-order valence-electron chi connectivity index (χ2n) is 3.19. The molecule has 1 aliphatic heterocycles. The smallest absolute Gasteiger partial charge is 0.0871 e. The third-order valence-corrected chi connectivity index (χ3v) is 2.27. The predicted molar refractivity (Wildman–Crippen MR) is 44.1 cm³/mol. The molecule has 0 aliphatic carbocycles. The topological polar surface area (TPSA) is 39.1 Å². The fraction of sp³-hybridized carbons (Fsp3) is 0.875. The molecule has 11 heavy (non-hydrogen) atoms. The van der Waals surface area contributed by atoms with Gasteiger partial charge in [0, 0.05) is 25.2 Å². The Kier molecular flexibility index (Phi) is 2.86. The van der Waals surface area contributed by atoms with Gasteiger partial charge in [0.25, 0.3) is 0 Å². The fourth-order valence-corrected chi connectivity index (χ4v) is 1.56. The molecule has 1 fully saturated rings. The van der Waals surface area contributed by atoms with Gasteiger partial charge in [0.05, 0.1) is 12.6 Å². The molecule has 0 aromatic heterocycles. The van der Waals surface area contributed by atoms with Crippen LogP contribution in [0.5, 0.6) is 0 Å². The number of rotatable bonds is 1. The van der Waals surface area contributed by atoms with Gasteiger partial charge in [0.1, 0.15) is 0 Å². The maximum atomic E-state index is 8.54. The molecular weight excluding hydrogens is 138 g/mol. The Morgan fingerprint density at radius 3 is 2.45 bits per heavy atom. The van der Waals surface area contributed by atoms with Gasteiger partial charge in [-0.25, -0.2) is 0 Å². The highest BCUT2D eigenvalue weighted by Crippen LogP contribution is 2.07. The zero-order chi connectivity index (χ0) is 8.27. The van der Waals surface area contributed by atoms with Crippen molar-refractivity contribution < 1.29 is 0 Å². The van der Waals surface area contributed by atoms with Crippen LogP contribution < -0.4 is 5.32 Å². The summed E-state index contributed by atoms with van der Waals surface area (Å²) in [6.07, 6.45) is 0. The maximum Gasteiger partial charge on any atom is 0.0871 e. The highest BCUT2D eigenvalue weighted by Gasteiger charge is 2.23. The van der Waals surface area contributed by atoms with E-state index in [-0.39, 0.29) is 0 Å². The van der Waals surface area contributed by atoms with Gasteiger partial charge < -0.3 is 5.32 Å². The van der Waals surface area contributed by atoms with Crippen LogP contribution in [0.1, 0.15) is 13.8 Å². The van der Waals surface area contributed by atoms with Gasteiger partial charge in [-0.1, -0.05) is 0 Å². The van der Waals surface area contributed by atoms with Gasteiger partial charge >= 0.3 is 0 Å². The lowest BCUT2D eigenvalue weighted by molar-refractivity contribution is 0.135. The summed E-state index contributed by atoms with van der Waals surface area (Å²) in [5.74, 6) is 0. The van der Waals surface area contributed by atoms with Crippen LogP contribution in [0.2, 0.25) is 0 Å². The average molecular weight is 153 g/mol. The monoisotopic (exact) mass is 153 g/mol. The number of nitrogens with zero attached hydrogens (tertiary/aromatic N) is 2. The molecule has 62 valence electrons. The molecule has 0 saturated carbocycles. The summed E-state index contributed by atoms with van der Waals surface area (Å²) in [4.78, 5) is 2.23. The second-order valence-corrected chi connectivity index (χ2v) is 3.19. The van der Waals surface area contributed by atoms with Gasteiger partial charge in [0.2, 0.25) is 0 Å². The fourth-order valence-electron chi connectivity index (χ4n) is 1.56. The molecule has 0 unspecified atom stereocenters. The Morgan fingerprint density at radius 1 is 1.45 bits per heavy atom. The first-order valence-corrected chi connectivity index (χ1v) is 4.09. The van der Waals surface area contributed by atoms with Gasteiger partial charge in [-0.3, -0.25) is 4.90 Å². The SMILES string of the molecule is C[C@H]1CNC[C@H](C)N1CC#N. The lowest BCUT2D eigenvalue weighted by Gasteiger charge is -2.37. The Balaban J connectivity index is 2.49. The normalized spacial score (nSPS) is 33.2. The van der Waals surface area contributed by atoms with E-state index in [1.165, 1.54) is 0 Å². The zero-order valence-corrected chi connectivity index (χ0v) is 7.17. The lowest BCUT2D eigenvalue weighted by Crippen LogP contribution is -2.54. The molecule has 1 heterocycles. The summed E-state index contributed by atoms with van der Waals surface area (Å²) < 4.78 is 0. The van der Waals surface area contributed by atoms with Crippen molar-refractivity contribution in [1.82, 2.24) is 10.2 Å². The number of piperazine rings is 1. The van der Waals surface area contributed by atoms with Crippen LogP contribution in [0.3, 0.4) is 0 Å². The average Bonchev–Trinajstić information content (AvgIpc) is 1.97. The van der Waals surface area contributed by atoms with Gasteiger partial charge in [-0.05, 0) is 13.8 Å². The Morgan fingerprint density at radius 2 is 2.00 bits per heavy atom. The van der Waals surface area contributed by atoms with E-state index in [1.807, 2.05) is 0 Å². The van der Waals surface area contributed by atoms with Crippen molar-refractivity contribution in [3.05, 3.63) is 0 Å². The summed E-state index contributed by atoms with van der Waals surface area (Å²) in [5.41, 5.74) is 0. The highest BCUT2D eigenvalue weighted by atomic mass is 15.2. The van der Waals surface area contributed by atoms with E-state index >= 15 is 0 Å². The Labute approximate surface area is 68.0 Å². The quantitative estimate of drug-likeness (QED) is 0.547. The van der Waals surface area contributed by atoms with Crippen molar-refractivity contribution in [2.24, 2.45) is 0 Å². The molecule has 0 spiro atoms. The summed E-state index contributed by atoms with van der Waals surface area (Å²) in [7, 11) is 0. The second kappa shape index (κ2) is 3.70. The number of nitrogens with one attached hydrogen (secondary N) is 1. The van der Waals surface area contributed by atoms with Crippen LogP contribution in [-0.4, -0.2) is 36.6 Å². The van der Waals surface area contributed by atoms with Crippen LogP contribution in [0.25, 0.3) is 0 Å². The van der Waals surface area contributed by atoms with E-state index in [2.05, 4.69) is 30.1 Å². The molecule has 1 saturated heterocycles. The molecule has 1 aliphatic rings.